The third kappa shape index (κ3) is 3.83. The molecule has 4 aromatic rings. The number of aromatic nitrogens is 2. The molecule has 0 fully saturated rings. The van der Waals surface area contributed by atoms with E-state index >= 15 is 0 Å². The molecule has 3 aromatic carbocycles. The first-order valence-corrected chi connectivity index (χ1v) is 8.84. The predicted molar refractivity (Wildman–Crippen MR) is 110 cm³/mol. The number of ether oxygens (including phenoxy) is 1. The Balaban J connectivity index is 1.41. The van der Waals surface area contributed by atoms with E-state index < -0.39 is 0 Å². The zero-order valence-electron chi connectivity index (χ0n) is 15.1. The molecular weight excluding hydrogens is 334 g/mol. The summed E-state index contributed by atoms with van der Waals surface area (Å²) in [5.41, 5.74) is 1.95. The van der Waals surface area contributed by atoms with Gasteiger partial charge in [-0.1, -0.05) is 36.1 Å². The Bertz CT molecular complexity index is 1150. The second kappa shape index (κ2) is 7.76. The van der Waals surface area contributed by atoms with Gasteiger partial charge >= 0.3 is 0 Å². The molecule has 0 unspecified atom stereocenters. The topological polar surface area (TPSA) is 47.0 Å². The summed E-state index contributed by atoms with van der Waals surface area (Å²) in [5.74, 6) is 8.18. The van der Waals surface area contributed by atoms with Crippen LogP contribution in [0.1, 0.15) is 12.0 Å². The number of anilines is 1. The van der Waals surface area contributed by atoms with Gasteiger partial charge in [0.15, 0.2) is 0 Å². The number of benzene rings is 3. The highest BCUT2D eigenvalue weighted by Crippen LogP contribution is 2.21. The SMILES string of the molecule is COc1ccc2cc(C#CCCNc3ncnc4ccccc34)ccc2c1. The van der Waals surface area contributed by atoms with E-state index in [2.05, 4.69) is 45.3 Å². The molecule has 0 bridgehead atoms. The predicted octanol–water partition coefficient (Wildman–Crippen LogP) is 4.65. The summed E-state index contributed by atoms with van der Waals surface area (Å²) in [6.07, 6.45) is 2.32. The summed E-state index contributed by atoms with van der Waals surface area (Å²) in [5, 5.41) is 6.69. The van der Waals surface area contributed by atoms with Crippen molar-refractivity contribution in [2.75, 3.05) is 19.0 Å². The van der Waals surface area contributed by atoms with E-state index in [1.165, 1.54) is 0 Å². The van der Waals surface area contributed by atoms with E-state index in [-0.39, 0.29) is 0 Å². The molecular formula is C23H19N3O. The van der Waals surface area contributed by atoms with Gasteiger partial charge in [-0.3, -0.25) is 0 Å². The van der Waals surface area contributed by atoms with Crippen molar-refractivity contribution in [3.8, 4) is 17.6 Å². The van der Waals surface area contributed by atoms with Crippen molar-refractivity contribution in [1.29, 1.82) is 0 Å². The molecule has 0 aliphatic heterocycles. The highest BCUT2D eigenvalue weighted by atomic mass is 16.5. The van der Waals surface area contributed by atoms with Gasteiger partial charge in [-0.15, -0.1) is 0 Å². The fourth-order valence-electron chi connectivity index (χ4n) is 2.98. The van der Waals surface area contributed by atoms with Crippen LogP contribution in [0.15, 0.2) is 67.0 Å². The summed E-state index contributed by atoms with van der Waals surface area (Å²) >= 11 is 0. The minimum absolute atomic E-state index is 0.735. The lowest BCUT2D eigenvalue weighted by Crippen LogP contribution is -2.03. The van der Waals surface area contributed by atoms with Crippen LogP contribution in [0.5, 0.6) is 5.75 Å². The van der Waals surface area contributed by atoms with Crippen LogP contribution in [0.25, 0.3) is 21.7 Å². The molecule has 0 aliphatic rings. The van der Waals surface area contributed by atoms with Crippen LogP contribution in [0, 0.1) is 11.8 Å². The normalized spacial score (nSPS) is 10.4. The van der Waals surface area contributed by atoms with Crippen molar-refractivity contribution in [2.24, 2.45) is 0 Å². The maximum atomic E-state index is 5.26. The van der Waals surface area contributed by atoms with Gasteiger partial charge in [-0.05, 0) is 47.2 Å². The Morgan fingerprint density at radius 2 is 1.81 bits per heavy atom. The van der Waals surface area contributed by atoms with E-state index in [9.17, 15) is 0 Å². The first-order chi connectivity index (χ1) is 13.3. The Morgan fingerprint density at radius 1 is 0.963 bits per heavy atom. The van der Waals surface area contributed by atoms with Gasteiger partial charge in [0.05, 0.1) is 12.6 Å². The molecule has 0 atom stereocenters. The minimum atomic E-state index is 0.735. The van der Waals surface area contributed by atoms with Gasteiger partial charge in [-0.25, -0.2) is 9.97 Å². The van der Waals surface area contributed by atoms with Gasteiger partial charge < -0.3 is 10.1 Å². The standard InChI is InChI=1S/C23H19N3O/c1-27-20-12-11-18-14-17(9-10-19(18)15-20)6-4-5-13-24-23-21-7-2-3-8-22(21)25-16-26-23/h2-3,7-12,14-16H,5,13H2,1H3,(H,24,25,26). The molecule has 0 amide bonds. The average molecular weight is 353 g/mol. The third-order valence-electron chi connectivity index (χ3n) is 4.37. The molecule has 0 saturated heterocycles. The van der Waals surface area contributed by atoms with Crippen molar-refractivity contribution >= 4 is 27.5 Å². The molecule has 1 aromatic heterocycles. The van der Waals surface area contributed by atoms with Crippen molar-refractivity contribution in [1.82, 2.24) is 9.97 Å². The highest BCUT2D eigenvalue weighted by Gasteiger charge is 2.01. The summed E-state index contributed by atoms with van der Waals surface area (Å²) in [4.78, 5) is 8.61. The maximum absolute atomic E-state index is 5.26. The van der Waals surface area contributed by atoms with Gasteiger partial charge in [0.1, 0.15) is 17.9 Å². The van der Waals surface area contributed by atoms with Crippen molar-refractivity contribution in [2.45, 2.75) is 6.42 Å². The van der Waals surface area contributed by atoms with Crippen molar-refractivity contribution in [3.05, 3.63) is 72.6 Å². The Kier molecular flexibility index (Phi) is 4.84. The maximum Gasteiger partial charge on any atom is 0.137 e. The molecule has 0 spiro atoms. The van der Waals surface area contributed by atoms with Crippen molar-refractivity contribution < 1.29 is 4.74 Å². The van der Waals surface area contributed by atoms with Crippen LogP contribution in [0.2, 0.25) is 0 Å². The van der Waals surface area contributed by atoms with Crippen molar-refractivity contribution in [3.63, 3.8) is 0 Å². The fraction of sp³-hybridized carbons (Fsp3) is 0.130. The lowest BCUT2D eigenvalue weighted by Gasteiger charge is -2.06. The molecule has 1 N–H and O–H groups in total. The molecule has 4 rings (SSSR count). The van der Waals surface area contributed by atoms with E-state index in [1.54, 1.807) is 13.4 Å². The third-order valence-corrected chi connectivity index (χ3v) is 4.37. The molecule has 0 saturated carbocycles. The molecule has 0 radical (unpaired) electrons. The molecule has 27 heavy (non-hydrogen) atoms. The van der Waals surface area contributed by atoms with Crippen LogP contribution in [-0.2, 0) is 0 Å². The molecule has 4 nitrogen and oxygen atoms in total. The van der Waals surface area contributed by atoms with Crippen LogP contribution >= 0.6 is 0 Å². The zero-order valence-corrected chi connectivity index (χ0v) is 15.1. The number of methoxy groups -OCH3 is 1. The van der Waals surface area contributed by atoms with Crippen LogP contribution in [0.3, 0.4) is 0 Å². The average Bonchev–Trinajstić information content (AvgIpc) is 2.73. The number of para-hydroxylation sites is 1. The van der Waals surface area contributed by atoms with Crippen LogP contribution in [-0.4, -0.2) is 23.6 Å². The van der Waals surface area contributed by atoms with E-state index in [0.29, 0.717) is 0 Å². The Morgan fingerprint density at radius 3 is 2.74 bits per heavy atom. The van der Waals surface area contributed by atoms with Crippen LogP contribution in [0.4, 0.5) is 5.82 Å². The number of fused-ring (bicyclic) bond motifs is 2. The van der Waals surface area contributed by atoms with Gasteiger partial charge in [0.25, 0.3) is 0 Å². The monoisotopic (exact) mass is 353 g/mol. The molecule has 132 valence electrons. The van der Waals surface area contributed by atoms with Gasteiger partial charge in [0, 0.05) is 23.9 Å². The highest BCUT2D eigenvalue weighted by molar-refractivity contribution is 5.88. The zero-order chi connectivity index (χ0) is 18.5. The van der Waals surface area contributed by atoms with E-state index in [1.807, 2.05) is 42.5 Å². The van der Waals surface area contributed by atoms with Crippen LogP contribution < -0.4 is 10.1 Å². The summed E-state index contributed by atoms with van der Waals surface area (Å²) in [6, 6.07) is 20.3. The Labute approximate surface area is 158 Å². The number of nitrogens with one attached hydrogen (secondary N) is 1. The number of hydrogen-bond donors (Lipinski definition) is 1. The Hall–Kier alpha value is -3.58. The van der Waals surface area contributed by atoms with E-state index in [0.717, 1.165) is 51.8 Å². The minimum Gasteiger partial charge on any atom is -0.497 e. The number of hydrogen-bond acceptors (Lipinski definition) is 4. The lowest BCUT2D eigenvalue weighted by molar-refractivity contribution is 0.415. The quantitative estimate of drug-likeness (QED) is 0.429. The fourth-order valence-corrected chi connectivity index (χ4v) is 2.98. The van der Waals surface area contributed by atoms with E-state index in [4.69, 9.17) is 4.74 Å². The number of rotatable bonds is 4. The summed E-state index contributed by atoms with van der Waals surface area (Å²) in [7, 11) is 1.68. The molecule has 4 heteroatoms. The first kappa shape index (κ1) is 16.9. The van der Waals surface area contributed by atoms with Gasteiger partial charge in [0.2, 0.25) is 0 Å². The first-order valence-electron chi connectivity index (χ1n) is 8.84. The largest absolute Gasteiger partial charge is 0.497 e. The molecule has 0 aliphatic carbocycles. The number of nitrogens with zero attached hydrogens (tertiary/aromatic N) is 2. The summed E-state index contributed by atoms with van der Waals surface area (Å²) in [6.45, 7) is 0.735. The lowest BCUT2D eigenvalue weighted by atomic mass is 10.1. The second-order valence-corrected chi connectivity index (χ2v) is 6.15. The smallest absolute Gasteiger partial charge is 0.137 e. The molecule has 1 heterocycles. The van der Waals surface area contributed by atoms with Gasteiger partial charge in [-0.2, -0.15) is 0 Å². The second-order valence-electron chi connectivity index (χ2n) is 6.15. The summed E-state index contributed by atoms with van der Waals surface area (Å²) < 4.78 is 5.26.